The Morgan fingerprint density at radius 2 is 2.11 bits per heavy atom. The molecule has 0 heterocycles. The lowest BCUT2D eigenvalue weighted by Gasteiger charge is -2.31. The fourth-order valence-electron chi connectivity index (χ4n) is 2.63. The second-order valence-electron chi connectivity index (χ2n) is 5.09. The third-order valence-corrected chi connectivity index (χ3v) is 4.19. The summed E-state index contributed by atoms with van der Waals surface area (Å²) < 4.78 is 6.78. The van der Waals surface area contributed by atoms with Crippen LogP contribution in [0.15, 0.2) is 22.7 Å². The molecule has 0 saturated heterocycles. The van der Waals surface area contributed by atoms with E-state index in [-0.39, 0.29) is 0 Å². The SMILES string of the molecule is CCOc1ccc(Br)cc1NC1CCCCC1C. The quantitative estimate of drug-likeness (QED) is 0.859. The summed E-state index contributed by atoms with van der Waals surface area (Å²) in [5.74, 6) is 1.70. The van der Waals surface area contributed by atoms with Gasteiger partial charge in [-0.3, -0.25) is 0 Å². The fourth-order valence-corrected chi connectivity index (χ4v) is 2.99. The highest BCUT2D eigenvalue weighted by molar-refractivity contribution is 9.10. The number of hydrogen-bond donors (Lipinski definition) is 1. The molecule has 1 fully saturated rings. The zero-order valence-electron chi connectivity index (χ0n) is 11.2. The topological polar surface area (TPSA) is 21.3 Å². The van der Waals surface area contributed by atoms with Crippen molar-refractivity contribution < 1.29 is 4.74 Å². The number of nitrogens with one attached hydrogen (secondary N) is 1. The summed E-state index contributed by atoms with van der Waals surface area (Å²) in [5, 5.41) is 3.67. The van der Waals surface area contributed by atoms with Crippen LogP contribution >= 0.6 is 15.9 Å². The van der Waals surface area contributed by atoms with Crippen molar-refractivity contribution in [3.63, 3.8) is 0 Å². The van der Waals surface area contributed by atoms with Gasteiger partial charge in [0.05, 0.1) is 12.3 Å². The average Bonchev–Trinajstić information content (AvgIpc) is 2.36. The molecule has 1 aromatic carbocycles. The van der Waals surface area contributed by atoms with E-state index in [2.05, 4.69) is 34.2 Å². The van der Waals surface area contributed by atoms with Crippen LogP contribution in [-0.2, 0) is 0 Å². The van der Waals surface area contributed by atoms with Gasteiger partial charge in [0.25, 0.3) is 0 Å². The molecule has 100 valence electrons. The van der Waals surface area contributed by atoms with E-state index in [4.69, 9.17) is 4.74 Å². The van der Waals surface area contributed by atoms with Crippen LogP contribution in [-0.4, -0.2) is 12.6 Å². The molecular formula is C15H22BrNO. The van der Waals surface area contributed by atoms with E-state index in [1.807, 2.05) is 19.1 Å². The molecule has 0 spiro atoms. The minimum Gasteiger partial charge on any atom is -0.492 e. The van der Waals surface area contributed by atoms with Crippen LogP contribution in [0.4, 0.5) is 5.69 Å². The highest BCUT2D eigenvalue weighted by Crippen LogP contribution is 2.33. The third-order valence-electron chi connectivity index (χ3n) is 3.69. The first-order valence-electron chi connectivity index (χ1n) is 6.89. The van der Waals surface area contributed by atoms with Crippen molar-refractivity contribution in [2.75, 3.05) is 11.9 Å². The van der Waals surface area contributed by atoms with E-state index in [1.54, 1.807) is 0 Å². The van der Waals surface area contributed by atoms with Crippen molar-refractivity contribution in [3.05, 3.63) is 22.7 Å². The minimum atomic E-state index is 0.576. The maximum atomic E-state index is 5.69. The molecule has 1 aromatic rings. The number of hydrogen-bond acceptors (Lipinski definition) is 2. The van der Waals surface area contributed by atoms with Crippen molar-refractivity contribution in [2.45, 2.75) is 45.6 Å². The predicted octanol–water partition coefficient (Wildman–Crippen LogP) is 4.84. The molecule has 2 atom stereocenters. The van der Waals surface area contributed by atoms with Gasteiger partial charge in [0, 0.05) is 10.5 Å². The largest absolute Gasteiger partial charge is 0.492 e. The molecule has 1 aliphatic carbocycles. The predicted molar refractivity (Wildman–Crippen MR) is 80.4 cm³/mol. The van der Waals surface area contributed by atoms with E-state index in [1.165, 1.54) is 25.7 Å². The van der Waals surface area contributed by atoms with Gasteiger partial charge < -0.3 is 10.1 Å². The van der Waals surface area contributed by atoms with Crippen LogP contribution in [0, 0.1) is 5.92 Å². The van der Waals surface area contributed by atoms with E-state index in [0.717, 1.165) is 21.8 Å². The van der Waals surface area contributed by atoms with E-state index in [0.29, 0.717) is 12.6 Å². The molecule has 0 amide bonds. The molecule has 1 saturated carbocycles. The smallest absolute Gasteiger partial charge is 0.142 e. The number of anilines is 1. The summed E-state index contributed by atoms with van der Waals surface area (Å²) in [5.41, 5.74) is 1.12. The Labute approximate surface area is 118 Å². The summed E-state index contributed by atoms with van der Waals surface area (Å²) in [6.45, 7) is 5.07. The lowest BCUT2D eigenvalue weighted by Crippen LogP contribution is -2.30. The Balaban J connectivity index is 2.13. The molecule has 1 N–H and O–H groups in total. The van der Waals surface area contributed by atoms with Crippen molar-refractivity contribution in [3.8, 4) is 5.75 Å². The Morgan fingerprint density at radius 1 is 1.33 bits per heavy atom. The first-order chi connectivity index (χ1) is 8.70. The van der Waals surface area contributed by atoms with Crippen LogP contribution in [0.25, 0.3) is 0 Å². The minimum absolute atomic E-state index is 0.576. The lowest BCUT2D eigenvalue weighted by molar-refractivity contribution is 0.333. The maximum absolute atomic E-state index is 5.69. The molecule has 2 unspecified atom stereocenters. The second kappa shape index (κ2) is 6.46. The first kappa shape index (κ1) is 13.7. The molecule has 1 aliphatic rings. The van der Waals surface area contributed by atoms with Gasteiger partial charge in [-0.25, -0.2) is 0 Å². The number of ether oxygens (including phenoxy) is 1. The summed E-state index contributed by atoms with van der Waals surface area (Å²) in [4.78, 5) is 0. The van der Waals surface area contributed by atoms with Gasteiger partial charge in [-0.15, -0.1) is 0 Å². The Morgan fingerprint density at radius 3 is 2.83 bits per heavy atom. The highest BCUT2D eigenvalue weighted by Gasteiger charge is 2.22. The zero-order chi connectivity index (χ0) is 13.0. The van der Waals surface area contributed by atoms with Gasteiger partial charge >= 0.3 is 0 Å². The summed E-state index contributed by atoms with van der Waals surface area (Å²) >= 11 is 3.53. The second-order valence-corrected chi connectivity index (χ2v) is 6.00. The summed E-state index contributed by atoms with van der Waals surface area (Å²) in [7, 11) is 0. The Hall–Kier alpha value is -0.700. The normalized spacial score (nSPS) is 23.7. The van der Waals surface area contributed by atoms with Crippen molar-refractivity contribution >= 4 is 21.6 Å². The Bertz CT molecular complexity index is 394. The monoisotopic (exact) mass is 311 g/mol. The van der Waals surface area contributed by atoms with E-state index in [9.17, 15) is 0 Å². The van der Waals surface area contributed by atoms with E-state index >= 15 is 0 Å². The number of benzene rings is 1. The van der Waals surface area contributed by atoms with Crippen LogP contribution in [0.1, 0.15) is 39.5 Å². The number of rotatable bonds is 4. The van der Waals surface area contributed by atoms with Gasteiger partial charge in [-0.2, -0.15) is 0 Å². The van der Waals surface area contributed by atoms with Crippen molar-refractivity contribution in [1.29, 1.82) is 0 Å². The van der Waals surface area contributed by atoms with Gasteiger partial charge in [0.1, 0.15) is 5.75 Å². The van der Waals surface area contributed by atoms with E-state index < -0.39 is 0 Å². The maximum Gasteiger partial charge on any atom is 0.142 e. The lowest BCUT2D eigenvalue weighted by atomic mass is 9.86. The zero-order valence-corrected chi connectivity index (χ0v) is 12.8. The van der Waals surface area contributed by atoms with Crippen LogP contribution in [0.5, 0.6) is 5.75 Å². The van der Waals surface area contributed by atoms with Gasteiger partial charge in [0.2, 0.25) is 0 Å². The standard InChI is InChI=1S/C15H22BrNO/c1-3-18-15-9-8-12(16)10-14(15)17-13-7-5-4-6-11(13)2/h8-11,13,17H,3-7H2,1-2H3. The van der Waals surface area contributed by atoms with Crippen LogP contribution in [0.3, 0.4) is 0 Å². The molecule has 0 aliphatic heterocycles. The molecule has 0 aromatic heterocycles. The van der Waals surface area contributed by atoms with Gasteiger partial charge in [-0.05, 0) is 43.9 Å². The molecule has 2 rings (SSSR count). The fraction of sp³-hybridized carbons (Fsp3) is 0.600. The highest BCUT2D eigenvalue weighted by atomic mass is 79.9. The third kappa shape index (κ3) is 3.41. The average molecular weight is 312 g/mol. The molecule has 0 bridgehead atoms. The van der Waals surface area contributed by atoms with Gasteiger partial charge in [-0.1, -0.05) is 35.7 Å². The molecule has 3 heteroatoms. The molecule has 18 heavy (non-hydrogen) atoms. The van der Waals surface area contributed by atoms with Crippen molar-refractivity contribution in [2.24, 2.45) is 5.92 Å². The summed E-state index contributed by atoms with van der Waals surface area (Å²) in [6.07, 6.45) is 5.30. The summed E-state index contributed by atoms with van der Waals surface area (Å²) in [6, 6.07) is 6.75. The van der Waals surface area contributed by atoms with Crippen LogP contribution < -0.4 is 10.1 Å². The van der Waals surface area contributed by atoms with Gasteiger partial charge in [0.15, 0.2) is 0 Å². The molecule has 0 radical (unpaired) electrons. The van der Waals surface area contributed by atoms with Crippen molar-refractivity contribution in [1.82, 2.24) is 0 Å². The Kier molecular flexibility index (Phi) is 4.93. The number of halogens is 1. The first-order valence-corrected chi connectivity index (χ1v) is 7.69. The molecule has 2 nitrogen and oxygen atoms in total. The molecular weight excluding hydrogens is 290 g/mol. The van der Waals surface area contributed by atoms with Crippen LogP contribution in [0.2, 0.25) is 0 Å².